The van der Waals surface area contributed by atoms with E-state index in [1.807, 2.05) is 0 Å². The summed E-state index contributed by atoms with van der Waals surface area (Å²) in [5.41, 5.74) is 5.56. The van der Waals surface area contributed by atoms with Crippen LogP contribution in [-0.2, 0) is 4.79 Å². The summed E-state index contributed by atoms with van der Waals surface area (Å²) in [5.74, 6) is -1.27. The molecule has 0 saturated heterocycles. The lowest BCUT2D eigenvalue weighted by Gasteiger charge is -2.29. The van der Waals surface area contributed by atoms with Crippen molar-refractivity contribution in [3.8, 4) is 0 Å². The highest BCUT2D eigenvalue weighted by Gasteiger charge is 2.31. The smallest absolute Gasteiger partial charge is 0.272 e. The highest BCUT2D eigenvalue weighted by atomic mass is 35.5. The van der Waals surface area contributed by atoms with Crippen LogP contribution in [0.5, 0.6) is 0 Å². The van der Waals surface area contributed by atoms with Gasteiger partial charge in [0.25, 0.3) is 11.8 Å². The number of rotatable bonds is 5. The molecule has 0 radical (unpaired) electrons. The van der Waals surface area contributed by atoms with Crippen molar-refractivity contribution in [2.45, 2.75) is 31.7 Å². The van der Waals surface area contributed by atoms with Crippen LogP contribution in [0.25, 0.3) is 0 Å². The molecule has 0 aromatic carbocycles. The predicted octanol–water partition coefficient (Wildman–Crippen LogP) is 1.15. The van der Waals surface area contributed by atoms with Gasteiger partial charge in [0.1, 0.15) is 17.0 Å². The van der Waals surface area contributed by atoms with E-state index in [1.54, 1.807) is 4.57 Å². The van der Waals surface area contributed by atoms with Crippen LogP contribution in [0.4, 0.5) is 5.82 Å². The summed E-state index contributed by atoms with van der Waals surface area (Å²) in [6.07, 6.45) is 6.66. The maximum absolute atomic E-state index is 12.5. The Morgan fingerprint density at radius 3 is 2.54 bits per heavy atom. The van der Waals surface area contributed by atoms with Crippen molar-refractivity contribution >= 4 is 35.1 Å². The zero-order chi connectivity index (χ0) is 20.3. The minimum absolute atomic E-state index is 0.00766. The summed E-state index contributed by atoms with van der Waals surface area (Å²) < 4.78 is 1.64. The van der Waals surface area contributed by atoms with Crippen LogP contribution in [0.3, 0.4) is 0 Å². The fraction of sp³-hybridized carbons (Fsp3) is 0.412. The molecule has 0 atom stereocenters. The molecule has 3 amide bonds. The molecule has 2 aromatic heterocycles. The van der Waals surface area contributed by atoms with Gasteiger partial charge in [-0.25, -0.2) is 15.0 Å². The van der Waals surface area contributed by atoms with E-state index >= 15 is 0 Å². The Bertz CT molecular complexity index is 906. The SMILES string of the molecule is CNC(=O)c1ncn([C@H]2CC[C@H](C(=O)Nc3ncncc3Cl)CC2)c1C(N)=O. The van der Waals surface area contributed by atoms with Gasteiger partial charge in [-0.3, -0.25) is 14.4 Å². The van der Waals surface area contributed by atoms with Gasteiger partial charge in [-0.1, -0.05) is 11.6 Å². The molecule has 2 aromatic rings. The quantitative estimate of drug-likeness (QED) is 0.680. The first-order valence-corrected chi connectivity index (χ1v) is 9.15. The lowest BCUT2D eigenvalue weighted by molar-refractivity contribution is -0.121. The zero-order valence-electron chi connectivity index (χ0n) is 15.2. The molecule has 1 aliphatic carbocycles. The van der Waals surface area contributed by atoms with Crippen LogP contribution in [-0.4, -0.2) is 44.3 Å². The Balaban J connectivity index is 1.68. The third-order valence-electron chi connectivity index (χ3n) is 4.84. The van der Waals surface area contributed by atoms with Crippen molar-refractivity contribution in [2.75, 3.05) is 12.4 Å². The molecule has 1 saturated carbocycles. The Kier molecular flexibility index (Phi) is 5.88. The normalized spacial score (nSPS) is 19.1. The lowest BCUT2D eigenvalue weighted by Crippen LogP contribution is -2.30. The number of hydrogen-bond donors (Lipinski definition) is 3. The molecular weight excluding hydrogens is 386 g/mol. The van der Waals surface area contributed by atoms with Crippen molar-refractivity contribution in [3.63, 3.8) is 0 Å². The van der Waals surface area contributed by atoms with Crippen molar-refractivity contribution in [3.05, 3.63) is 35.3 Å². The fourth-order valence-corrected chi connectivity index (χ4v) is 3.56. The van der Waals surface area contributed by atoms with Gasteiger partial charge < -0.3 is 20.9 Å². The van der Waals surface area contributed by atoms with Gasteiger partial charge in [-0.05, 0) is 25.7 Å². The minimum atomic E-state index is -0.714. The lowest BCUT2D eigenvalue weighted by atomic mass is 9.85. The van der Waals surface area contributed by atoms with Crippen molar-refractivity contribution in [2.24, 2.45) is 11.7 Å². The van der Waals surface area contributed by atoms with Crippen LogP contribution in [0.15, 0.2) is 18.9 Å². The second kappa shape index (κ2) is 8.34. The zero-order valence-corrected chi connectivity index (χ0v) is 15.9. The van der Waals surface area contributed by atoms with E-state index in [4.69, 9.17) is 17.3 Å². The molecular formula is C17H20ClN7O3. The molecule has 1 fully saturated rings. The summed E-state index contributed by atoms with van der Waals surface area (Å²) in [5, 5.41) is 5.44. The van der Waals surface area contributed by atoms with Crippen molar-refractivity contribution in [1.29, 1.82) is 0 Å². The largest absolute Gasteiger partial charge is 0.364 e. The Hall–Kier alpha value is -3.01. The van der Waals surface area contributed by atoms with Gasteiger partial charge in [-0.2, -0.15) is 0 Å². The van der Waals surface area contributed by atoms with Gasteiger partial charge in [0, 0.05) is 19.0 Å². The molecule has 10 nitrogen and oxygen atoms in total. The molecule has 3 rings (SSSR count). The van der Waals surface area contributed by atoms with Crippen LogP contribution in [0, 0.1) is 5.92 Å². The van der Waals surface area contributed by atoms with Crippen LogP contribution >= 0.6 is 11.6 Å². The van der Waals surface area contributed by atoms with E-state index < -0.39 is 11.8 Å². The van der Waals surface area contributed by atoms with Gasteiger partial charge >= 0.3 is 0 Å². The van der Waals surface area contributed by atoms with E-state index in [2.05, 4.69) is 25.6 Å². The maximum Gasteiger partial charge on any atom is 0.272 e. The molecule has 1 aliphatic rings. The number of nitrogens with two attached hydrogens (primary N) is 1. The highest BCUT2D eigenvalue weighted by molar-refractivity contribution is 6.33. The topological polar surface area (TPSA) is 145 Å². The molecule has 0 aliphatic heterocycles. The van der Waals surface area contributed by atoms with E-state index in [0.717, 1.165) is 0 Å². The minimum Gasteiger partial charge on any atom is -0.364 e. The Morgan fingerprint density at radius 1 is 1.21 bits per heavy atom. The number of anilines is 1. The summed E-state index contributed by atoms with van der Waals surface area (Å²) in [6, 6.07) is -0.0694. The van der Waals surface area contributed by atoms with Gasteiger partial charge in [-0.15, -0.1) is 0 Å². The van der Waals surface area contributed by atoms with Crippen LogP contribution in [0.2, 0.25) is 5.02 Å². The molecule has 0 unspecified atom stereocenters. The van der Waals surface area contributed by atoms with E-state index in [-0.39, 0.29) is 40.1 Å². The van der Waals surface area contributed by atoms with Crippen LogP contribution in [0.1, 0.15) is 52.7 Å². The molecule has 0 spiro atoms. The second-order valence-electron chi connectivity index (χ2n) is 6.51. The number of imidazole rings is 1. The van der Waals surface area contributed by atoms with Crippen molar-refractivity contribution < 1.29 is 14.4 Å². The summed E-state index contributed by atoms with van der Waals surface area (Å²) in [7, 11) is 1.46. The molecule has 2 heterocycles. The number of primary amides is 1. The maximum atomic E-state index is 12.5. The third kappa shape index (κ3) is 3.96. The predicted molar refractivity (Wildman–Crippen MR) is 101 cm³/mol. The highest BCUT2D eigenvalue weighted by Crippen LogP contribution is 2.34. The number of hydrogen-bond acceptors (Lipinski definition) is 6. The Labute approximate surface area is 165 Å². The van der Waals surface area contributed by atoms with Gasteiger partial charge in [0.05, 0.1) is 12.5 Å². The molecule has 4 N–H and O–H groups in total. The fourth-order valence-electron chi connectivity index (χ4n) is 3.41. The number of nitrogens with zero attached hydrogens (tertiary/aromatic N) is 4. The number of carbonyl (C=O) groups is 3. The molecule has 28 heavy (non-hydrogen) atoms. The number of amides is 3. The molecule has 148 valence electrons. The first-order valence-electron chi connectivity index (χ1n) is 8.77. The van der Waals surface area contributed by atoms with Gasteiger partial charge in [0.2, 0.25) is 5.91 Å². The van der Waals surface area contributed by atoms with Crippen molar-refractivity contribution in [1.82, 2.24) is 24.8 Å². The van der Waals surface area contributed by atoms with Crippen LogP contribution < -0.4 is 16.4 Å². The summed E-state index contributed by atoms with van der Waals surface area (Å²) in [6.45, 7) is 0. The van der Waals surface area contributed by atoms with E-state index in [1.165, 1.54) is 25.9 Å². The number of nitrogens with one attached hydrogen (secondary N) is 2. The first kappa shape index (κ1) is 19.7. The average molecular weight is 406 g/mol. The van der Waals surface area contributed by atoms with E-state index in [9.17, 15) is 14.4 Å². The van der Waals surface area contributed by atoms with Gasteiger partial charge in [0.15, 0.2) is 11.5 Å². The first-order chi connectivity index (χ1) is 13.4. The standard InChI is InChI=1S/C17H20ClN7O3/c1-20-17(28)12-13(14(19)26)25(8-23-12)10-4-2-9(3-5-10)16(27)24-15-11(18)6-21-7-22-15/h6-10H,2-5H2,1H3,(H2,19,26)(H,20,28)(H,21,22,24,27)/t9-,10-. The average Bonchev–Trinajstić information content (AvgIpc) is 3.14. The Morgan fingerprint density at radius 2 is 1.93 bits per heavy atom. The van der Waals surface area contributed by atoms with E-state index in [0.29, 0.717) is 25.7 Å². The summed E-state index contributed by atoms with van der Waals surface area (Å²) in [4.78, 5) is 48.1. The molecule has 0 bridgehead atoms. The number of halogens is 1. The number of aromatic nitrogens is 4. The second-order valence-corrected chi connectivity index (χ2v) is 6.91. The molecule has 11 heteroatoms. The summed E-state index contributed by atoms with van der Waals surface area (Å²) >= 11 is 5.97. The number of carbonyl (C=O) groups excluding carboxylic acids is 3. The monoisotopic (exact) mass is 405 g/mol. The third-order valence-corrected chi connectivity index (χ3v) is 5.12.